The third kappa shape index (κ3) is 45.6. The van der Waals surface area contributed by atoms with Crippen molar-refractivity contribution in [3.05, 3.63) is 156 Å². The molecule has 702 valence electrons. The molecule has 4 aromatic rings. The summed E-state index contributed by atoms with van der Waals surface area (Å²) in [4.78, 5) is 74.7. The van der Waals surface area contributed by atoms with Crippen LogP contribution in [-0.2, 0) is 101 Å². The molecule has 1 unspecified atom stereocenters. The van der Waals surface area contributed by atoms with Gasteiger partial charge < -0.3 is 72.2 Å². The topological polar surface area (TPSA) is 229 Å². The summed E-state index contributed by atoms with van der Waals surface area (Å²) in [6.07, 6.45) is 30.4. The van der Waals surface area contributed by atoms with E-state index in [-0.39, 0.29) is 64.7 Å². The summed E-state index contributed by atoms with van der Waals surface area (Å²) in [6.45, 7) is 12.0. The van der Waals surface area contributed by atoms with Crippen molar-refractivity contribution in [2.75, 3.05) is 26.4 Å². The fourth-order valence-corrected chi connectivity index (χ4v) is 16.8. The average molecular weight is 1800 g/mol. The molecule has 4 aromatic carbocycles. The van der Waals surface area contributed by atoms with Crippen molar-refractivity contribution in [2.45, 2.75) is 426 Å². The van der Waals surface area contributed by atoms with Crippen LogP contribution in [0.1, 0.15) is 345 Å². The molecule has 3 aliphatic rings. The van der Waals surface area contributed by atoms with Crippen molar-refractivity contribution < 1.29 is 85.6 Å². The number of alkyl carbamates (subject to hydrolysis) is 1. The van der Waals surface area contributed by atoms with Crippen LogP contribution in [0.5, 0.6) is 0 Å². The van der Waals surface area contributed by atoms with E-state index in [1.807, 2.05) is 121 Å². The zero-order valence-corrected chi connectivity index (χ0v) is 78.4. The second-order valence-corrected chi connectivity index (χ2v) is 37.1. The van der Waals surface area contributed by atoms with Gasteiger partial charge in [-0.2, -0.15) is 0 Å². The molecule has 0 saturated carbocycles. The lowest BCUT2D eigenvalue weighted by molar-refractivity contribution is -0.351. The van der Waals surface area contributed by atoms with E-state index >= 15 is 14.4 Å². The van der Waals surface area contributed by atoms with Crippen LogP contribution in [0, 0.1) is 0 Å². The predicted molar refractivity (Wildman–Crippen MR) is 495 cm³/mol. The Kier molecular flexibility index (Phi) is 55.9. The highest BCUT2D eigenvalue weighted by atomic mass is 35.6. The van der Waals surface area contributed by atoms with Crippen molar-refractivity contribution in [3.63, 3.8) is 0 Å². The number of fused-ring (bicyclic) bond motifs is 1. The van der Waals surface area contributed by atoms with Crippen LogP contribution >= 0.6 is 34.8 Å². The molecule has 3 aliphatic heterocycles. The largest absolute Gasteiger partial charge is 0.462 e. The lowest BCUT2D eigenvalue weighted by Gasteiger charge is -2.49. The summed E-state index contributed by atoms with van der Waals surface area (Å²) in [7, 11) is 0. The van der Waals surface area contributed by atoms with Crippen molar-refractivity contribution >= 4 is 64.7 Å². The lowest BCUT2D eigenvalue weighted by Crippen LogP contribution is -2.69. The van der Waals surface area contributed by atoms with E-state index < -0.39 is 127 Å². The Hall–Kier alpha value is -5.72. The molecular formula is C102H155Cl3N2O18. The highest BCUT2D eigenvalue weighted by molar-refractivity contribution is 6.67. The minimum absolute atomic E-state index is 0.0409. The van der Waals surface area contributed by atoms with Gasteiger partial charge in [0.25, 0.3) is 0 Å². The van der Waals surface area contributed by atoms with Crippen LogP contribution in [0.3, 0.4) is 0 Å². The van der Waals surface area contributed by atoms with Gasteiger partial charge in [-0.1, -0.05) is 421 Å². The number of carbonyl (C=O) groups excluding carboxylic acids is 5. The average Bonchev–Trinajstić information content (AvgIpc) is 0.780. The molecule has 0 radical (unpaired) electrons. The van der Waals surface area contributed by atoms with Gasteiger partial charge in [-0.05, 0) is 48.8 Å². The van der Waals surface area contributed by atoms with E-state index in [1.165, 1.54) is 135 Å². The van der Waals surface area contributed by atoms with E-state index in [9.17, 15) is 9.59 Å². The summed E-state index contributed by atoms with van der Waals surface area (Å²) in [6, 6.07) is 35.7. The molecule has 0 aliphatic carbocycles. The quantitative estimate of drug-likeness (QED) is 0.0138. The number of alkyl halides is 3. The smallest absolute Gasteiger partial charge is 0.407 e. The summed E-state index contributed by atoms with van der Waals surface area (Å²) < 4.78 is 84.9. The molecule has 14 atom stereocenters. The fraction of sp³-hybridized carbons (Fsp3) is 0.696. The number of halogens is 3. The van der Waals surface area contributed by atoms with Crippen LogP contribution < -0.4 is 10.6 Å². The van der Waals surface area contributed by atoms with Gasteiger partial charge in [0, 0.05) is 12.0 Å². The summed E-state index contributed by atoms with van der Waals surface area (Å²) >= 11 is 18.7. The van der Waals surface area contributed by atoms with Gasteiger partial charge in [0.05, 0.1) is 71.1 Å². The number of esters is 3. The third-order valence-corrected chi connectivity index (χ3v) is 24.0. The van der Waals surface area contributed by atoms with Crippen LogP contribution in [0.25, 0.3) is 0 Å². The van der Waals surface area contributed by atoms with Crippen LogP contribution in [0.4, 0.5) is 4.79 Å². The number of rotatable bonds is 70. The molecule has 125 heavy (non-hydrogen) atoms. The summed E-state index contributed by atoms with van der Waals surface area (Å²) in [5.74, 6) is -2.18. The van der Waals surface area contributed by atoms with Crippen molar-refractivity contribution in [3.8, 4) is 0 Å². The Morgan fingerprint density at radius 1 is 0.440 bits per heavy atom. The minimum atomic E-state index is -2.05. The number of amides is 2. The molecule has 3 heterocycles. The SMILES string of the molecule is C=CCO[C@H]1O[C@H](CO[C@@H]2O[C@@H]3COC(c4ccccc4)O[C@H]3[C@H](OC(=O)C[C@@H](CCCCCCCCCCC)OC(=O)CCCCCCCCCCCCC)[C@H]2NC(=O)OCC(Cl)(Cl)Cl)[C@@H](OCc2ccccc2)[C@H](OC(=O)C[C@@H](CCCCCCCCCCC)OCc2ccccc2)[C@H]1NC(=O)C[C@@H](CCCCCCCCCCC)OCc1ccccc1. The Morgan fingerprint density at radius 2 is 0.848 bits per heavy atom. The maximum atomic E-state index is 15.5. The minimum Gasteiger partial charge on any atom is -0.462 e. The van der Waals surface area contributed by atoms with Crippen molar-refractivity contribution in [1.29, 1.82) is 0 Å². The Morgan fingerprint density at radius 3 is 1.32 bits per heavy atom. The monoisotopic (exact) mass is 1800 g/mol. The van der Waals surface area contributed by atoms with Gasteiger partial charge >= 0.3 is 24.0 Å². The van der Waals surface area contributed by atoms with Crippen LogP contribution in [0.15, 0.2) is 134 Å². The third-order valence-electron chi connectivity index (χ3n) is 23.7. The highest BCUT2D eigenvalue weighted by Crippen LogP contribution is 2.39. The first-order valence-corrected chi connectivity index (χ1v) is 49.5. The first kappa shape index (κ1) is 106. The second kappa shape index (κ2) is 65.8. The van der Waals surface area contributed by atoms with E-state index in [0.717, 1.165) is 113 Å². The maximum absolute atomic E-state index is 15.5. The fourth-order valence-electron chi connectivity index (χ4n) is 16.6. The van der Waals surface area contributed by atoms with Gasteiger partial charge in [0.1, 0.15) is 49.2 Å². The summed E-state index contributed by atoms with van der Waals surface area (Å²) in [5, 5.41) is 6.13. The molecule has 3 saturated heterocycles. The van der Waals surface area contributed by atoms with Gasteiger partial charge in [-0.15, -0.1) is 6.58 Å². The van der Waals surface area contributed by atoms with Crippen LogP contribution in [0.2, 0.25) is 0 Å². The Balaban J connectivity index is 1.25. The van der Waals surface area contributed by atoms with Gasteiger partial charge in [-0.25, -0.2) is 4.79 Å². The molecular weight excluding hydrogens is 1650 g/mol. The number of hydrogen-bond donors (Lipinski definition) is 2. The first-order chi connectivity index (χ1) is 61.1. The van der Waals surface area contributed by atoms with Gasteiger partial charge in [0.15, 0.2) is 31.1 Å². The summed E-state index contributed by atoms with van der Waals surface area (Å²) in [5.41, 5.74) is 3.33. The van der Waals surface area contributed by atoms with E-state index in [1.54, 1.807) is 6.08 Å². The molecule has 0 bridgehead atoms. The zero-order chi connectivity index (χ0) is 89.0. The van der Waals surface area contributed by atoms with E-state index in [0.29, 0.717) is 37.7 Å². The number of unbranched alkanes of at least 4 members (excludes halogenated alkanes) is 34. The van der Waals surface area contributed by atoms with Gasteiger partial charge in [0.2, 0.25) is 9.70 Å². The second-order valence-electron chi connectivity index (χ2n) is 34.5. The van der Waals surface area contributed by atoms with Crippen molar-refractivity contribution in [1.82, 2.24) is 10.6 Å². The molecule has 2 amide bonds. The Labute approximate surface area is 765 Å². The molecule has 2 N–H and O–H groups in total. The van der Waals surface area contributed by atoms with Gasteiger partial charge in [-0.3, -0.25) is 19.2 Å². The highest BCUT2D eigenvalue weighted by Gasteiger charge is 2.56. The van der Waals surface area contributed by atoms with Crippen LogP contribution in [-0.4, -0.2) is 140 Å². The number of carbonyl (C=O) groups is 5. The molecule has 23 heteroatoms. The first-order valence-electron chi connectivity index (χ1n) is 48.4. The molecule has 20 nitrogen and oxygen atoms in total. The maximum Gasteiger partial charge on any atom is 0.407 e. The normalized spacial score (nSPS) is 20.8. The standard InChI is InChI=1S/C102H155Cl3N2O18/c1-6-11-15-19-23-27-28-32-36-40-56-68-89(109)120-85(67-55-39-35-31-26-22-18-14-9-4)72-91(111)124-97-93(107-101(112)119-78-102(103,104)105)100(122-87-77-117-98(125-95(87)97)82-63-51-44-52-64-82)118-76-86-94(116-75-81-61-49-43-50-62-81)96(123-90(110)71-84(115-74-80-59-47-42-48-60-80)66-54-38-34-30-25-21-17-13-8-3)92(99(121-86)113-69-10-5)106-88(108)70-83(114-73-79-57-45-41-46-58-79)65-53-37-33-29-24-20-16-12-7-2/h10,41-52,57-64,83-87,92-100H,5-9,11-40,53-56,65-78H2,1-4H3,(H,106,108)(H,107,112)/t83-,84-,85-,86-,87-,92-,93-,94-,95-,96-,97-,98?,99+,100-/m1/s1. The number of ether oxygens (including phenoxy) is 13. The number of hydrogen-bond acceptors (Lipinski definition) is 18. The Bertz CT molecular complexity index is 3440. The lowest BCUT2D eigenvalue weighted by atomic mass is 9.94. The molecule has 0 aromatic heterocycles. The van der Waals surface area contributed by atoms with E-state index in [4.69, 9.17) is 96.4 Å². The van der Waals surface area contributed by atoms with E-state index in [2.05, 4.69) is 44.9 Å². The molecule has 0 spiro atoms. The zero-order valence-electron chi connectivity index (χ0n) is 76.2. The number of nitrogens with one attached hydrogen (secondary N) is 2. The van der Waals surface area contributed by atoms with Crippen molar-refractivity contribution in [2.24, 2.45) is 0 Å². The number of benzene rings is 4. The molecule has 3 fully saturated rings. The molecule has 7 rings (SSSR count). The predicted octanol–water partition coefficient (Wildman–Crippen LogP) is 24.8.